The Hall–Kier alpha value is -3.44. The average Bonchev–Trinajstić information content (AvgIpc) is 2.78. The van der Waals surface area contributed by atoms with E-state index in [9.17, 15) is 35.9 Å². The zero-order chi connectivity index (χ0) is 28.3. The van der Waals surface area contributed by atoms with Gasteiger partial charge in [-0.2, -0.15) is 0 Å². The minimum atomic E-state index is -4.83. The molecule has 0 saturated heterocycles. The van der Waals surface area contributed by atoms with Gasteiger partial charge in [0, 0.05) is 11.1 Å². The number of hydrogen-bond donors (Lipinski definition) is 2. The van der Waals surface area contributed by atoms with Gasteiger partial charge in [0.05, 0.1) is 0 Å². The molecule has 0 atom stereocenters. The zero-order valence-electron chi connectivity index (χ0n) is 20.6. The predicted octanol–water partition coefficient (Wildman–Crippen LogP) is 6.59. The van der Waals surface area contributed by atoms with Crippen LogP contribution in [0.15, 0.2) is 36.4 Å². The molecule has 0 aliphatic rings. The van der Waals surface area contributed by atoms with E-state index in [-0.39, 0.29) is 11.1 Å². The number of carbonyl (C=O) groups is 2. The van der Waals surface area contributed by atoms with Crippen molar-refractivity contribution in [1.82, 2.24) is 0 Å². The molecule has 0 radical (unpaired) electrons. The first-order chi connectivity index (χ1) is 17.7. The van der Waals surface area contributed by atoms with Crippen molar-refractivity contribution in [2.24, 2.45) is 11.5 Å². The number of hydrogen-bond acceptors (Lipinski definition) is 4. The van der Waals surface area contributed by atoms with Crippen LogP contribution >= 0.6 is 0 Å². The largest absolute Gasteiger partial charge is 0.573 e. The fraction of sp³-hybridized carbons (Fsp3) is 0.462. The van der Waals surface area contributed by atoms with E-state index in [2.05, 4.69) is 9.47 Å². The molecule has 0 aliphatic carbocycles. The van der Waals surface area contributed by atoms with E-state index in [1.807, 2.05) is 0 Å². The molecule has 210 valence electrons. The summed E-state index contributed by atoms with van der Waals surface area (Å²) in [7, 11) is 0. The lowest BCUT2D eigenvalue weighted by Crippen LogP contribution is -2.18. The standard InChI is InChI=1S/C26H30F6N2O4/c27-25(28,29)37-19-11-13-21(23(33)35)17(15-19)9-7-5-3-1-2-4-6-8-10-18-16-20(38-26(30,31)32)12-14-22(18)24(34)36/h11-16H,1-10H2,(H2,33,35)(H2,34,36). The Labute approximate surface area is 216 Å². The molecule has 12 heteroatoms. The van der Waals surface area contributed by atoms with Crippen molar-refractivity contribution in [3.8, 4) is 11.5 Å². The lowest BCUT2D eigenvalue weighted by atomic mass is 9.98. The van der Waals surface area contributed by atoms with Crippen LogP contribution in [0, 0.1) is 0 Å². The second kappa shape index (κ2) is 13.9. The highest BCUT2D eigenvalue weighted by Gasteiger charge is 2.32. The van der Waals surface area contributed by atoms with Gasteiger partial charge in [-0.15, -0.1) is 26.3 Å². The summed E-state index contributed by atoms with van der Waals surface area (Å²) in [4.78, 5) is 23.2. The summed E-state index contributed by atoms with van der Waals surface area (Å²) in [5.41, 5.74) is 11.8. The summed E-state index contributed by atoms with van der Waals surface area (Å²) in [5, 5.41) is 0. The topological polar surface area (TPSA) is 105 Å². The maximum Gasteiger partial charge on any atom is 0.573 e. The van der Waals surface area contributed by atoms with E-state index in [0.717, 1.165) is 50.7 Å². The Morgan fingerprint density at radius 3 is 1.18 bits per heavy atom. The minimum absolute atomic E-state index is 0.162. The van der Waals surface area contributed by atoms with Crippen molar-refractivity contribution in [2.75, 3.05) is 0 Å². The van der Waals surface area contributed by atoms with Crippen LogP contribution in [0.25, 0.3) is 0 Å². The number of primary amides is 2. The highest BCUT2D eigenvalue weighted by atomic mass is 19.4. The van der Waals surface area contributed by atoms with E-state index < -0.39 is 36.0 Å². The molecule has 38 heavy (non-hydrogen) atoms. The van der Waals surface area contributed by atoms with Gasteiger partial charge in [-0.1, -0.05) is 38.5 Å². The normalized spacial score (nSPS) is 11.8. The molecular formula is C26H30F6N2O4. The molecule has 0 bridgehead atoms. The molecule has 0 unspecified atom stereocenters. The Bertz CT molecular complexity index is 1000. The van der Waals surface area contributed by atoms with E-state index in [0.29, 0.717) is 36.8 Å². The zero-order valence-corrected chi connectivity index (χ0v) is 20.6. The second-order valence-electron chi connectivity index (χ2n) is 8.79. The van der Waals surface area contributed by atoms with Gasteiger partial charge in [-0.3, -0.25) is 9.59 Å². The van der Waals surface area contributed by atoms with E-state index in [1.165, 1.54) is 24.3 Å². The smallest absolute Gasteiger partial charge is 0.406 e. The number of halogens is 6. The van der Waals surface area contributed by atoms with Crippen molar-refractivity contribution in [3.63, 3.8) is 0 Å². The van der Waals surface area contributed by atoms with Crippen LogP contribution in [0.2, 0.25) is 0 Å². The van der Waals surface area contributed by atoms with Crippen LogP contribution in [0.4, 0.5) is 26.3 Å². The number of unbranched alkanes of at least 4 members (excludes halogenated alkanes) is 7. The first-order valence-corrected chi connectivity index (χ1v) is 12.1. The number of benzene rings is 2. The number of carbonyl (C=O) groups excluding carboxylic acids is 2. The van der Waals surface area contributed by atoms with Gasteiger partial charge in [0.1, 0.15) is 11.5 Å². The van der Waals surface area contributed by atoms with Gasteiger partial charge >= 0.3 is 12.7 Å². The van der Waals surface area contributed by atoms with Crippen molar-refractivity contribution in [2.45, 2.75) is 76.9 Å². The summed E-state index contributed by atoms with van der Waals surface area (Å²) in [6, 6.07) is 6.93. The van der Waals surface area contributed by atoms with Crippen LogP contribution in [0.5, 0.6) is 11.5 Å². The summed E-state index contributed by atoms with van der Waals surface area (Å²) >= 11 is 0. The van der Waals surface area contributed by atoms with Crippen molar-refractivity contribution in [1.29, 1.82) is 0 Å². The second-order valence-corrected chi connectivity index (χ2v) is 8.79. The predicted molar refractivity (Wildman–Crippen MR) is 128 cm³/mol. The Morgan fingerprint density at radius 1 is 0.579 bits per heavy atom. The molecule has 2 aromatic carbocycles. The molecule has 6 nitrogen and oxygen atoms in total. The van der Waals surface area contributed by atoms with Gasteiger partial charge in [0.2, 0.25) is 11.8 Å². The minimum Gasteiger partial charge on any atom is -0.406 e. The van der Waals surface area contributed by atoms with Crippen LogP contribution < -0.4 is 20.9 Å². The van der Waals surface area contributed by atoms with Crippen LogP contribution in [-0.4, -0.2) is 24.5 Å². The quantitative estimate of drug-likeness (QED) is 0.194. The molecule has 2 amide bonds. The van der Waals surface area contributed by atoms with E-state index in [1.54, 1.807) is 0 Å². The monoisotopic (exact) mass is 548 g/mol. The summed E-state index contributed by atoms with van der Waals surface area (Å²) < 4.78 is 82.6. The molecule has 4 N–H and O–H groups in total. The number of nitrogens with two attached hydrogens (primary N) is 2. The lowest BCUT2D eigenvalue weighted by Gasteiger charge is -2.13. The molecule has 0 spiro atoms. The lowest BCUT2D eigenvalue weighted by molar-refractivity contribution is -0.275. The number of alkyl halides is 6. The first-order valence-electron chi connectivity index (χ1n) is 12.1. The van der Waals surface area contributed by atoms with E-state index >= 15 is 0 Å². The fourth-order valence-corrected chi connectivity index (χ4v) is 4.12. The molecule has 0 fully saturated rings. The summed E-state index contributed by atoms with van der Waals surface area (Å²) in [6.45, 7) is 0. The number of ether oxygens (including phenoxy) is 2. The van der Waals surface area contributed by atoms with Gasteiger partial charge in [-0.25, -0.2) is 0 Å². The third-order valence-electron chi connectivity index (χ3n) is 5.79. The molecular weight excluding hydrogens is 518 g/mol. The van der Waals surface area contributed by atoms with E-state index in [4.69, 9.17) is 11.5 Å². The Morgan fingerprint density at radius 2 is 0.895 bits per heavy atom. The Kier molecular flexibility index (Phi) is 11.3. The number of rotatable bonds is 15. The number of aryl methyl sites for hydroxylation is 2. The Balaban J connectivity index is 1.71. The maximum absolute atomic E-state index is 12.5. The van der Waals surface area contributed by atoms with Crippen LogP contribution in [-0.2, 0) is 12.8 Å². The average molecular weight is 549 g/mol. The van der Waals surface area contributed by atoms with Gasteiger partial charge in [0.15, 0.2) is 0 Å². The van der Waals surface area contributed by atoms with Gasteiger partial charge < -0.3 is 20.9 Å². The molecule has 2 rings (SSSR count). The van der Waals surface area contributed by atoms with Crippen LogP contribution in [0.1, 0.15) is 83.2 Å². The van der Waals surface area contributed by atoms with Gasteiger partial charge in [-0.05, 0) is 73.2 Å². The maximum atomic E-state index is 12.5. The highest BCUT2D eigenvalue weighted by molar-refractivity contribution is 5.95. The number of amides is 2. The summed E-state index contributed by atoms with van der Waals surface area (Å²) in [5.74, 6) is -2.25. The third-order valence-corrected chi connectivity index (χ3v) is 5.79. The van der Waals surface area contributed by atoms with Crippen molar-refractivity contribution < 1.29 is 45.4 Å². The molecule has 0 aromatic heterocycles. The van der Waals surface area contributed by atoms with Gasteiger partial charge in [0.25, 0.3) is 0 Å². The highest BCUT2D eigenvalue weighted by Crippen LogP contribution is 2.27. The molecule has 0 aliphatic heterocycles. The fourth-order valence-electron chi connectivity index (χ4n) is 4.12. The summed E-state index contributed by atoms with van der Waals surface area (Å²) in [6.07, 6.45) is -2.39. The molecule has 0 heterocycles. The third kappa shape index (κ3) is 11.3. The first kappa shape index (κ1) is 30.8. The van der Waals surface area contributed by atoms with Crippen LogP contribution in [0.3, 0.4) is 0 Å². The SMILES string of the molecule is NC(=O)c1ccc(OC(F)(F)F)cc1CCCCCCCCCCc1cc(OC(F)(F)F)ccc1C(N)=O. The molecule has 2 aromatic rings. The van der Waals surface area contributed by atoms with Crippen molar-refractivity contribution >= 4 is 11.8 Å². The molecule has 0 saturated carbocycles. The van der Waals surface area contributed by atoms with Crippen molar-refractivity contribution in [3.05, 3.63) is 58.7 Å².